The number of hydrogen-bond acceptors (Lipinski definition) is 3. The van der Waals surface area contributed by atoms with Gasteiger partial charge in [-0.1, -0.05) is 6.92 Å². The maximum Gasteiger partial charge on any atom is 0.231 e. The normalized spacial score (nSPS) is 13.0. The number of carbonyl (C=O) groups is 1. The molecule has 2 rings (SSSR count). The fourth-order valence-electron chi connectivity index (χ4n) is 1.57. The van der Waals surface area contributed by atoms with E-state index in [4.69, 9.17) is 9.47 Å². The summed E-state index contributed by atoms with van der Waals surface area (Å²) in [5, 5.41) is 0. The fourth-order valence-corrected chi connectivity index (χ4v) is 2.11. The Morgan fingerprint density at radius 3 is 2.86 bits per heavy atom. The molecule has 0 aliphatic carbocycles. The third-order valence-electron chi connectivity index (χ3n) is 2.21. The Bertz CT molecular complexity index is 387. The van der Waals surface area contributed by atoms with Gasteiger partial charge in [0.05, 0.1) is 4.47 Å². The van der Waals surface area contributed by atoms with Crippen molar-refractivity contribution >= 4 is 22.2 Å². The Morgan fingerprint density at radius 2 is 2.21 bits per heavy atom. The number of fused-ring (bicyclic) bond motifs is 1. The van der Waals surface area contributed by atoms with Crippen LogP contribution in [0.3, 0.4) is 0 Å². The van der Waals surface area contributed by atoms with Crippen molar-refractivity contribution in [3.63, 3.8) is 0 Å². The minimum atomic E-state index is 0.225. The molecule has 14 heavy (non-hydrogen) atoms. The zero-order chi connectivity index (χ0) is 10.1. The number of hydrogen-bond donors (Lipinski definition) is 0. The average molecular weight is 257 g/mol. The van der Waals surface area contributed by atoms with Crippen LogP contribution in [0.5, 0.6) is 11.5 Å². The van der Waals surface area contributed by atoms with Gasteiger partial charge in [0.15, 0.2) is 17.8 Å². The molecule has 1 heterocycles. The number of benzene rings is 1. The Morgan fingerprint density at radius 1 is 1.50 bits per heavy atom. The van der Waals surface area contributed by atoms with Gasteiger partial charge in [-0.2, -0.15) is 0 Å². The summed E-state index contributed by atoms with van der Waals surface area (Å²) in [5.41, 5.74) is 1.57. The lowest BCUT2D eigenvalue weighted by molar-refractivity contribution is 0.112. The molecule has 0 amide bonds. The molecular weight excluding hydrogens is 248 g/mol. The van der Waals surface area contributed by atoms with Crippen molar-refractivity contribution < 1.29 is 14.3 Å². The molecule has 1 aromatic carbocycles. The molecule has 0 aromatic heterocycles. The van der Waals surface area contributed by atoms with Crippen LogP contribution in [0.4, 0.5) is 0 Å². The highest BCUT2D eigenvalue weighted by Gasteiger charge is 2.22. The van der Waals surface area contributed by atoms with E-state index in [0.29, 0.717) is 17.1 Å². The molecule has 1 aliphatic rings. The van der Waals surface area contributed by atoms with Gasteiger partial charge in [0, 0.05) is 11.1 Å². The van der Waals surface area contributed by atoms with Crippen LogP contribution in [0.2, 0.25) is 0 Å². The van der Waals surface area contributed by atoms with Gasteiger partial charge >= 0.3 is 0 Å². The maximum atomic E-state index is 10.8. The van der Waals surface area contributed by atoms with Crippen LogP contribution < -0.4 is 9.47 Å². The largest absolute Gasteiger partial charge is 0.453 e. The van der Waals surface area contributed by atoms with Crippen LogP contribution in [0.25, 0.3) is 0 Å². The van der Waals surface area contributed by atoms with E-state index in [2.05, 4.69) is 15.9 Å². The first-order chi connectivity index (χ1) is 6.77. The molecule has 0 saturated heterocycles. The van der Waals surface area contributed by atoms with E-state index < -0.39 is 0 Å². The second-order valence-electron chi connectivity index (χ2n) is 2.96. The van der Waals surface area contributed by atoms with Crippen molar-refractivity contribution in [3.05, 3.63) is 21.7 Å². The smallest absolute Gasteiger partial charge is 0.231 e. The van der Waals surface area contributed by atoms with Gasteiger partial charge in [-0.05, 0) is 28.4 Å². The summed E-state index contributed by atoms with van der Waals surface area (Å²) in [6.45, 7) is 2.21. The molecule has 0 fully saturated rings. The Balaban J connectivity index is 2.67. The number of aldehydes is 1. The Labute approximate surface area is 90.1 Å². The topological polar surface area (TPSA) is 35.5 Å². The standard InChI is InChI=1S/C10H9BrO3/c1-2-7-6(4-12)3-8(11)10-9(7)13-5-14-10/h3-4H,2,5H2,1H3. The first kappa shape index (κ1) is 9.52. The summed E-state index contributed by atoms with van der Waals surface area (Å²) in [4.78, 5) is 10.8. The highest BCUT2D eigenvalue weighted by atomic mass is 79.9. The van der Waals surface area contributed by atoms with Crippen LogP contribution in [0.15, 0.2) is 10.5 Å². The van der Waals surface area contributed by atoms with Gasteiger partial charge in [-0.3, -0.25) is 4.79 Å². The van der Waals surface area contributed by atoms with E-state index in [-0.39, 0.29) is 6.79 Å². The molecule has 0 unspecified atom stereocenters. The number of halogens is 1. The van der Waals surface area contributed by atoms with E-state index in [1.165, 1.54) is 0 Å². The summed E-state index contributed by atoms with van der Waals surface area (Å²) < 4.78 is 11.4. The molecule has 0 radical (unpaired) electrons. The minimum Gasteiger partial charge on any atom is -0.453 e. The summed E-state index contributed by atoms with van der Waals surface area (Å²) in [5.74, 6) is 1.40. The van der Waals surface area contributed by atoms with Crippen molar-refractivity contribution in [2.75, 3.05) is 6.79 Å². The predicted molar refractivity (Wildman–Crippen MR) is 55.0 cm³/mol. The lowest BCUT2D eigenvalue weighted by Gasteiger charge is -2.07. The minimum absolute atomic E-state index is 0.225. The van der Waals surface area contributed by atoms with E-state index >= 15 is 0 Å². The van der Waals surface area contributed by atoms with E-state index in [0.717, 1.165) is 22.7 Å². The summed E-state index contributed by atoms with van der Waals surface area (Å²) >= 11 is 3.34. The van der Waals surface area contributed by atoms with E-state index in [1.807, 2.05) is 6.92 Å². The zero-order valence-corrected chi connectivity index (χ0v) is 9.26. The van der Waals surface area contributed by atoms with Crippen LogP contribution in [-0.2, 0) is 6.42 Å². The Kier molecular flexibility index (Phi) is 2.46. The van der Waals surface area contributed by atoms with Gasteiger partial charge in [-0.15, -0.1) is 0 Å². The first-order valence-electron chi connectivity index (χ1n) is 4.34. The monoisotopic (exact) mass is 256 g/mol. The SMILES string of the molecule is CCc1c(C=O)cc(Br)c2c1OCO2. The summed E-state index contributed by atoms with van der Waals surface area (Å²) in [7, 11) is 0. The lowest BCUT2D eigenvalue weighted by atomic mass is 10.0. The van der Waals surface area contributed by atoms with Crippen LogP contribution in [0.1, 0.15) is 22.8 Å². The fraction of sp³-hybridized carbons (Fsp3) is 0.300. The average Bonchev–Trinajstić information content (AvgIpc) is 2.66. The van der Waals surface area contributed by atoms with Gasteiger partial charge in [-0.25, -0.2) is 0 Å². The molecule has 4 heteroatoms. The lowest BCUT2D eigenvalue weighted by Crippen LogP contribution is -1.96. The number of carbonyl (C=O) groups excluding carboxylic acids is 1. The molecule has 0 N–H and O–H groups in total. The highest BCUT2D eigenvalue weighted by molar-refractivity contribution is 9.10. The van der Waals surface area contributed by atoms with Crippen molar-refractivity contribution in [1.82, 2.24) is 0 Å². The van der Waals surface area contributed by atoms with Crippen molar-refractivity contribution in [2.45, 2.75) is 13.3 Å². The van der Waals surface area contributed by atoms with Crippen molar-refractivity contribution in [3.8, 4) is 11.5 Å². The van der Waals surface area contributed by atoms with Gasteiger partial charge in [0.1, 0.15) is 0 Å². The van der Waals surface area contributed by atoms with Gasteiger partial charge < -0.3 is 9.47 Å². The van der Waals surface area contributed by atoms with Crippen LogP contribution in [-0.4, -0.2) is 13.1 Å². The second kappa shape index (κ2) is 3.61. The molecule has 3 nitrogen and oxygen atoms in total. The zero-order valence-electron chi connectivity index (χ0n) is 7.67. The summed E-state index contributed by atoms with van der Waals surface area (Å²) in [6.07, 6.45) is 1.60. The van der Waals surface area contributed by atoms with Gasteiger partial charge in [0.25, 0.3) is 0 Å². The Hall–Kier alpha value is -1.03. The highest BCUT2D eigenvalue weighted by Crippen LogP contribution is 2.43. The predicted octanol–water partition coefficient (Wildman–Crippen LogP) is 2.55. The number of rotatable bonds is 2. The first-order valence-corrected chi connectivity index (χ1v) is 5.13. The van der Waals surface area contributed by atoms with Crippen molar-refractivity contribution in [2.24, 2.45) is 0 Å². The van der Waals surface area contributed by atoms with E-state index in [1.54, 1.807) is 6.07 Å². The molecule has 0 saturated carbocycles. The second-order valence-corrected chi connectivity index (χ2v) is 3.82. The van der Waals surface area contributed by atoms with E-state index in [9.17, 15) is 4.79 Å². The maximum absolute atomic E-state index is 10.8. The molecule has 0 bridgehead atoms. The quantitative estimate of drug-likeness (QED) is 0.764. The molecule has 74 valence electrons. The molecular formula is C10H9BrO3. The third-order valence-corrected chi connectivity index (χ3v) is 2.80. The molecule has 0 atom stereocenters. The number of ether oxygens (including phenoxy) is 2. The molecule has 0 spiro atoms. The molecule has 1 aliphatic heterocycles. The van der Waals surface area contributed by atoms with Crippen molar-refractivity contribution in [1.29, 1.82) is 0 Å². The molecule has 1 aromatic rings. The van der Waals surface area contributed by atoms with Crippen LogP contribution >= 0.6 is 15.9 Å². The summed E-state index contributed by atoms with van der Waals surface area (Å²) in [6, 6.07) is 1.76. The van der Waals surface area contributed by atoms with Gasteiger partial charge in [0.2, 0.25) is 6.79 Å². The third kappa shape index (κ3) is 1.30. The van der Waals surface area contributed by atoms with Crippen LogP contribution in [0, 0.1) is 0 Å².